The van der Waals surface area contributed by atoms with Crippen LogP contribution in [0.1, 0.15) is 27.0 Å². The number of nitro benzene ring substituents is 1. The number of esters is 1. The first kappa shape index (κ1) is 30.1. The summed E-state index contributed by atoms with van der Waals surface area (Å²) in [5, 5.41) is 12.1. The van der Waals surface area contributed by atoms with Gasteiger partial charge >= 0.3 is 5.97 Å². The molecular formula is C34H31NO9. The maximum absolute atomic E-state index is 13.7. The van der Waals surface area contributed by atoms with Crippen molar-refractivity contribution in [1.82, 2.24) is 0 Å². The summed E-state index contributed by atoms with van der Waals surface area (Å²) in [6, 6.07) is 26.5. The van der Waals surface area contributed by atoms with Gasteiger partial charge in [0.05, 0.1) is 31.8 Å². The van der Waals surface area contributed by atoms with Crippen molar-refractivity contribution in [3.63, 3.8) is 0 Å². The van der Waals surface area contributed by atoms with Crippen LogP contribution in [0.3, 0.4) is 0 Å². The summed E-state index contributed by atoms with van der Waals surface area (Å²) >= 11 is 0. The summed E-state index contributed by atoms with van der Waals surface area (Å²) in [6.45, 7) is 0.436. The monoisotopic (exact) mass is 597 g/mol. The number of hydrogen-bond donors (Lipinski definition) is 0. The van der Waals surface area contributed by atoms with Crippen molar-refractivity contribution in [2.24, 2.45) is 11.8 Å². The van der Waals surface area contributed by atoms with Gasteiger partial charge in [-0.05, 0) is 41.8 Å². The molecule has 0 N–H and O–H groups in total. The first-order valence-corrected chi connectivity index (χ1v) is 14.0. The second-order valence-electron chi connectivity index (χ2n) is 10.2. The molecular weight excluding hydrogens is 566 g/mol. The van der Waals surface area contributed by atoms with Crippen LogP contribution >= 0.6 is 0 Å². The van der Waals surface area contributed by atoms with Crippen molar-refractivity contribution in [3.8, 4) is 23.0 Å². The molecule has 5 rings (SSSR count). The van der Waals surface area contributed by atoms with E-state index in [1.165, 1.54) is 32.4 Å². The molecule has 0 bridgehead atoms. The molecule has 4 aromatic carbocycles. The van der Waals surface area contributed by atoms with E-state index in [-0.39, 0.29) is 36.6 Å². The molecule has 0 aromatic heterocycles. The van der Waals surface area contributed by atoms with Crippen LogP contribution < -0.4 is 18.9 Å². The van der Waals surface area contributed by atoms with E-state index in [1.807, 2.05) is 60.7 Å². The third-order valence-corrected chi connectivity index (χ3v) is 7.41. The molecule has 0 saturated carbocycles. The molecule has 226 valence electrons. The highest BCUT2D eigenvalue weighted by Gasteiger charge is 2.43. The van der Waals surface area contributed by atoms with Gasteiger partial charge in [-0.3, -0.25) is 19.7 Å². The molecule has 44 heavy (non-hydrogen) atoms. The largest absolute Gasteiger partial charge is 0.493 e. The number of carbonyl (C=O) groups is 2. The Labute approximate surface area is 254 Å². The van der Waals surface area contributed by atoms with Crippen LogP contribution in [-0.4, -0.2) is 37.5 Å². The number of carbonyl (C=O) groups excluding carboxylic acids is 2. The first-order chi connectivity index (χ1) is 21.4. The molecule has 2 atom stereocenters. The Morgan fingerprint density at radius 1 is 0.818 bits per heavy atom. The minimum Gasteiger partial charge on any atom is -0.493 e. The Kier molecular flexibility index (Phi) is 9.39. The number of methoxy groups -OCH3 is 2. The van der Waals surface area contributed by atoms with E-state index in [0.717, 1.165) is 11.1 Å². The smallest absolute Gasteiger partial charge is 0.317 e. The number of nitro groups is 1. The van der Waals surface area contributed by atoms with E-state index in [1.54, 1.807) is 12.1 Å². The van der Waals surface area contributed by atoms with Crippen LogP contribution in [0.25, 0.3) is 0 Å². The normalized spacial score (nSPS) is 15.7. The second-order valence-corrected chi connectivity index (χ2v) is 10.2. The maximum Gasteiger partial charge on any atom is 0.317 e. The molecule has 4 aromatic rings. The molecule has 0 aliphatic carbocycles. The lowest BCUT2D eigenvalue weighted by Crippen LogP contribution is -2.27. The third-order valence-electron chi connectivity index (χ3n) is 7.41. The Hall–Kier alpha value is -5.38. The van der Waals surface area contributed by atoms with Gasteiger partial charge in [-0.1, -0.05) is 60.7 Å². The van der Waals surface area contributed by atoms with Gasteiger partial charge in [0.25, 0.3) is 5.69 Å². The third kappa shape index (κ3) is 6.81. The number of Topliss-reactive ketones (excluding diaryl/α,β-unsaturated/α-hetero) is 1. The highest BCUT2D eigenvalue weighted by Crippen LogP contribution is 2.39. The SMILES string of the molecule is COc1cc(C(=O)[C@@H]2C(=O)OC[C@H]2Cc2cc(OC)c(OCc3ccccc3)cc2[N+](=O)[O-])ccc1OCc1ccccc1. The van der Waals surface area contributed by atoms with Gasteiger partial charge < -0.3 is 23.7 Å². The quantitative estimate of drug-likeness (QED) is 0.0601. The van der Waals surface area contributed by atoms with Gasteiger partial charge in [0.15, 0.2) is 28.8 Å². The average molecular weight is 598 g/mol. The van der Waals surface area contributed by atoms with E-state index in [9.17, 15) is 19.7 Å². The number of cyclic esters (lactones) is 1. The van der Waals surface area contributed by atoms with Gasteiger partial charge in [0.1, 0.15) is 19.1 Å². The number of benzene rings is 4. The van der Waals surface area contributed by atoms with E-state index >= 15 is 0 Å². The molecule has 0 spiro atoms. The predicted molar refractivity (Wildman–Crippen MR) is 160 cm³/mol. The molecule has 0 radical (unpaired) electrons. The lowest BCUT2D eigenvalue weighted by Gasteiger charge is -2.17. The topological polar surface area (TPSA) is 123 Å². The van der Waals surface area contributed by atoms with E-state index in [2.05, 4.69) is 0 Å². The lowest BCUT2D eigenvalue weighted by molar-refractivity contribution is -0.385. The van der Waals surface area contributed by atoms with Gasteiger partial charge in [0, 0.05) is 17.0 Å². The van der Waals surface area contributed by atoms with Gasteiger partial charge in [-0.2, -0.15) is 0 Å². The highest BCUT2D eigenvalue weighted by atomic mass is 16.6. The zero-order chi connectivity index (χ0) is 31.1. The average Bonchev–Trinajstić information content (AvgIpc) is 3.42. The van der Waals surface area contributed by atoms with Crippen molar-refractivity contribution in [3.05, 3.63) is 123 Å². The zero-order valence-electron chi connectivity index (χ0n) is 24.3. The minimum atomic E-state index is -1.16. The number of nitrogens with zero attached hydrogens (tertiary/aromatic N) is 1. The zero-order valence-corrected chi connectivity index (χ0v) is 24.3. The number of ether oxygens (including phenoxy) is 5. The molecule has 10 heteroatoms. The first-order valence-electron chi connectivity index (χ1n) is 14.0. The molecule has 1 fully saturated rings. The summed E-state index contributed by atoms with van der Waals surface area (Å²) in [4.78, 5) is 38.0. The Balaban J connectivity index is 1.35. The van der Waals surface area contributed by atoms with E-state index in [0.29, 0.717) is 29.4 Å². The van der Waals surface area contributed by atoms with Crippen LogP contribution in [0.5, 0.6) is 23.0 Å². The number of ketones is 1. The van der Waals surface area contributed by atoms with Gasteiger partial charge in [-0.15, -0.1) is 0 Å². The fraction of sp³-hybridized carbons (Fsp3) is 0.235. The van der Waals surface area contributed by atoms with Crippen molar-refractivity contribution in [1.29, 1.82) is 0 Å². The molecule has 0 unspecified atom stereocenters. The van der Waals surface area contributed by atoms with Crippen LogP contribution in [0.4, 0.5) is 5.69 Å². The number of hydrogen-bond acceptors (Lipinski definition) is 9. The summed E-state index contributed by atoms with van der Waals surface area (Å²) < 4.78 is 28.0. The van der Waals surface area contributed by atoms with Crippen LogP contribution in [0, 0.1) is 22.0 Å². The van der Waals surface area contributed by atoms with Crippen LogP contribution in [0.2, 0.25) is 0 Å². The predicted octanol–water partition coefficient (Wildman–Crippen LogP) is 5.98. The summed E-state index contributed by atoms with van der Waals surface area (Å²) in [6.07, 6.45) is 0.0309. The Bertz CT molecular complexity index is 1640. The minimum absolute atomic E-state index is 0.0309. The Morgan fingerprint density at radius 2 is 1.41 bits per heavy atom. The fourth-order valence-electron chi connectivity index (χ4n) is 5.14. The molecule has 1 heterocycles. The van der Waals surface area contributed by atoms with Gasteiger partial charge in [0.2, 0.25) is 0 Å². The molecule has 0 amide bonds. The molecule has 1 saturated heterocycles. The maximum atomic E-state index is 13.7. The van der Waals surface area contributed by atoms with Crippen molar-refractivity contribution in [2.75, 3.05) is 20.8 Å². The standard InChI is InChI=1S/C34H31NO9/c1-40-29-16-24(13-14-28(29)42-19-22-9-5-3-6-10-22)33(36)32-26(21-44-34(32)37)15-25-17-30(41-2)31(18-27(25)35(38)39)43-20-23-11-7-4-8-12-23/h3-14,16-18,26,32H,15,19-21H2,1-2H3/t26-,32-/m1/s1. The van der Waals surface area contributed by atoms with Crippen LogP contribution in [0.15, 0.2) is 91.0 Å². The Morgan fingerprint density at radius 3 is 2.00 bits per heavy atom. The second kappa shape index (κ2) is 13.7. The summed E-state index contributed by atoms with van der Waals surface area (Å²) in [7, 11) is 2.90. The fourth-order valence-corrected chi connectivity index (χ4v) is 5.14. The summed E-state index contributed by atoms with van der Waals surface area (Å²) in [5.74, 6) is -1.67. The van der Waals surface area contributed by atoms with Crippen molar-refractivity contribution in [2.45, 2.75) is 19.6 Å². The van der Waals surface area contributed by atoms with Crippen molar-refractivity contribution >= 4 is 17.4 Å². The lowest BCUT2D eigenvalue weighted by atomic mass is 9.83. The molecule has 10 nitrogen and oxygen atoms in total. The van der Waals surface area contributed by atoms with Gasteiger partial charge in [-0.25, -0.2) is 0 Å². The van der Waals surface area contributed by atoms with E-state index < -0.39 is 28.5 Å². The van der Waals surface area contributed by atoms with E-state index in [4.69, 9.17) is 23.7 Å². The summed E-state index contributed by atoms with van der Waals surface area (Å²) in [5.41, 5.74) is 2.17. The molecule has 1 aliphatic heterocycles. The highest BCUT2D eigenvalue weighted by molar-refractivity contribution is 6.10. The van der Waals surface area contributed by atoms with Crippen molar-refractivity contribution < 1.29 is 38.2 Å². The molecule has 1 aliphatic rings. The number of rotatable bonds is 13. The van der Waals surface area contributed by atoms with Crippen LogP contribution in [-0.2, 0) is 29.2 Å².